The van der Waals surface area contributed by atoms with Crippen molar-refractivity contribution >= 4 is 9.84 Å². The molecule has 0 radical (unpaired) electrons. The Bertz CT molecular complexity index is 690. The first-order valence-corrected chi connectivity index (χ1v) is 8.52. The fourth-order valence-corrected chi connectivity index (χ4v) is 3.60. The van der Waals surface area contributed by atoms with Gasteiger partial charge in [0.1, 0.15) is 0 Å². The number of benzene rings is 1. The summed E-state index contributed by atoms with van der Waals surface area (Å²) >= 11 is 0. The van der Waals surface area contributed by atoms with Crippen LogP contribution in [0, 0.1) is 6.92 Å². The molecule has 2 rings (SSSR count). The maximum Gasteiger partial charge on any atom is 0.179 e. The van der Waals surface area contributed by atoms with Crippen molar-refractivity contribution in [3.63, 3.8) is 0 Å². The topological polar surface area (TPSA) is 64.0 Å². The van der Waals surface area contributed by atoms with E-state index in [-0.39, 0.29) is 11.8 Å². The predicted octanol–water partition coefficient (Wildman–Crippen LogP) is 1.68. The molecule has 21 heavy (non-hydrogen) atoms. The third-order valence-electron chi connectivity index (χ3n) is 3.26. The van der Waals surface area contributed by atoms with Crippen molar-refractivity contribution in [3.8, 4) is 0 Å². The Morgan fingerprint density at radius 2 is 1.95 bits per heavy atom. The largest absolute Gasteiger partial charge is 0.309 e. The Kier molecular flexibility index (Phi) is 4.80. The molecule has 0 saturated heterocycles. The molecule has 0 saturated carbocycles. The number of aryl methyl sites for hydroxylation is 2. The highest BCUT2D eigenvalue weighted by Gasteiger charge is 2.18. The minimum Gasteiger partial charge on any atom is -0.309 e. The Labute approximate surface area is 125 Å². The first-order chi connectivity index (χ1) is 9.87. The molecule has 0 aliphatic carbocycles. The second-order valence-corrected chi connectivity index (χ2v) is 7.43. The number of nitrogens with zero attached hydrogens (tertiary/aromatic N) is 2. The molecule has 0 aliphatic heterocycles. The van der Waals surface area contributed by atoms with Gasteiger partial charge in [0.05, 0.1) is 16.8 Å². The summed E-state index contributed by atoms with van der Waals surface area (Å²) < 4.78 is 26.4. The average Bonchev–Trinajstić information content (AvgIpc) is 2.82. The van der Waals surface area contributed by atoms with Crippen molar-refractivity contribution in [1.29, 1.82) is 0 Å². The Morgan fingerprint density at radius 3 is 2.52 bits per heavy atom. The summed E-state index contributed by atoms with van der Waals surface area (Å²) in [4.78, 5) is 0.378. The molecule has 0 amide bonds. The van der Waals surface area contributed by atoms with E-state index >= 15 is 0 Å². The van der Waals surface area contributed by atoms with E-state index in [0.717, 1.165) is 11.1 Å². The van der Waals surface area contributed by atoms with Gasteiger partial charge in [-0.1, -0.05) is 17.7 Å². The molecule has 114 valence electrons. The van der Waals surface area contributed by atoms with E-state index in [1.54, 1.807) is 23.0 Å². The summed E-state index contributed by atoms with van der Waals surface area (Å²) in [6.45, 7) is 4.43. The highest BCUT2D eigenvalue weighted by atomic mass is 32.2. The molecule has 2 aromatic rings. The SMILES string of the molecule is Cc1ccc(S(=O)(=O)C[C@H](C)NCc2cnn(C)c2)cc1. The van der Waals surface area contributed by atoms with Gasteiger partial charge in [-0.05, 0) is 26.0 Å². The molecule has 0 unspecified atom stereocenters. The van der Waals surface area contributed by atoms with Gasteiger partial charge in [-0.15, -0.1) is 0 Å². The van der Waals surface area contributed by atoms with Gasteiger partial charge in [-0.2, -0.15) is 5.10 Å². The van der Waals surface area contributed by atoms with E-state index in [9.17, 15) is 8.42 Å². The summed E-state index contributed by atoms with van der Waals surface area (Å²) in [7, 11) is -1.40. The van der Waals surface area contributed by atoms with Crippen molar-refractivity contribution in [2.24, 2.45) is 7.05 Å². The van der Waals surface area contributed by atoms with E-state index in [1.165, 1.54) is 0 Å². The highest BCUT2D eigenvalue weighted by molar-refractivity contribution is 7.91. The zero-order chi connectivity index (χ0) is 15.5. The van der Waals surface area contributed by atoms with E-state index in [0.29, 0.717) is 11.4 Å². The highest BCUT2D eigenvalue weighted by Crippen LogP contribution is 2.13. The lowest BCUT2D eigenvalue weighted by Gasteiger charge is -2.13. The lowest BCUT2D eigenvalue weighted by molar-refractivity contribution is 0.556. The lowest BCUT2D eigenvalue weighted by atomic mass is 10.2. The summed E-state index contributed by atoms with van der Waals surface area (Å²) in [5.74, 6) is 0.0797. The summed E-state index contributed by atoms with van der Waals surface area (Å²) in [5.41, 5.74) is 2.09. The van der Waals surface area contributed by atoms with Crippen molar-refractivity contribution < 1.29 is 8.42 Å². The van der Waals surface area contributed by atoms with E-state index in [4.69, 9.17) is 0 Å². The molecule has 0 fully saturated rings. The fraction of sp³-hybridized carbons (Fsp3) is 0.400. The molecule has 6 heteroatoms. The van der Waals surface area contributed by atoms with Crippen LogP contribution in [0.25, 0.3) is 0 Å². The van der Waals surface area contributed by atoms with Crippen molar-refractivity contribution in [3.05, 3.63) is 47.8 Å². The Balaban J connectivity index is 1.94. The van der Waals surface area contributed by atoms with Gasteiger partial charge in [0.15, 0.2) is 9.84 Å². The summed E-state index contributed by atoms with van der Waals surface area (Å²) in [5, 5.41) is 7.30. The van der Waals surface area contributed by atoms with Gasteiger partial charge in [-0.25, -0.2) is 8.42 Å². The van der Waals surface area contributed by atoms with Gasteiger partial charge in [0, 0.05) is 31.4 Å². The van der Waals surface area contributed by atoms with Crippen molar-refractivity contribution in [2.45, 2.75) is 31.3 Å². The molecule has 1 N–H and O–H groups in total. The fourth-order valence-electron chi connectivity index (χ4n) is 2.09. The molecule has 1 atom stereocenters. The normalized spacial score (nSPS) is 13.3. The number of aromatic nitrogens is 2. The second kappa shape index (κ2) is 6.41. The van der Waals surface area contributed by atoms with Crippen molar-refractivity contribution in [1.82, 2.24) is 15.1 Å². The standard InChI is InChI=1S/C15H21N3O2S/c1-12-4-6-15(7-5-12)21(19,20)11-13(2)16-8-14-9-17-18(3)10-14/h4-7,9-10,13,16H,8,11H2,1-3H3/t13-/m0/s1. The molecule has 5 nitrogen and oxygen atoms in total. The van der Waals surface area contributed by atoms with E-state index < -0.39 is 9.84 Å². The van der Waals surface area contributed by atoms with Crippen LogP contribution in [0.15, 0.2) is 41.6 Å². The summed E-state index contributed by atoms with van der Waals surface area (Å²) in [6.07, 6.45) is 3.68. The number of sulfone groups is 1. The number of hydrogen-bond acceptors (Lipinski definition) is 4. The van der Waals surface area contributed by atoms with Gasteiger partial charge in [-0.3, -0.25) is 4.68 Å². The molecule has 0 aliphatic rings. The molecule has 1 aromatic carbocycles. The van der Waals surface area contributed by atoms with Crippen LogP contribution < -0.4 is 5.32 Å². The van der Waals surface area contributed by atoms with E-state index in [2.05, 4.69) is 10.4 Å². The van der Waals surface area contributed by atoms with Crippen LogP contribution in [0.1, 0.15) is 18.1 Å². The number of nitrogens with one attached hydrogen (secondary N) is 1. The first kappa shape index (κ1) is 15.7. The van der Waals surface area contributed by atoms with Crippen molar-refractivity contribution in [2.75, 3.05) is 5.75 Å². The number of rotatable bonds is 6. The minimum atomic E-state index is -3.26. The second-order valence-electron chi connectivity index (χ2n) is 5.40. The molecule has 0 bridgehead atoms. The van der Waals surface area contributed by atoms with Gasteiger partial charge in [0.25, 0.3) is 0 Å². The smallest absolute Gasteiger partial charge is 0.179 e. The van der Waals surface area contributed by atoms with Crippen LogP contribution in [-0.4, -0.2) is 30.0 Å². The average molecular weight is 307 g/mol. The monoisotopic (exact) mass is 307 g/mol. The zero-order valence-electron chi connectivity index (χ0n) is 12.6. The molecule has 0 spiro atoms. The molecular weight excluding hydrogens is 286 g/mol. The quantitative estimate of drug-likeness (QED) is 0.882. The minimum absolute atomic E-state index is 0.0797. The van der Waals surface area contributed by atoms with Crippen LogP contribution in [0.2, 0.25) is 0 Å². The van der Waals surface area contributed by atoms with Gasteiger partial charge in [0.2, 0.25) is 0 Å². The van der Waals surface area contributed by atoms with Crippen LogP contribution in [0.4, 0.5) is 0 Å². The van der Waals surface area contributed by atoms with E-state index in [1.807, 2.05) is 39.2 Å². The van der Waals surface area contributed by atoms with Crippen LogP contribution in [0.5, 0.6) is 0 Å². The van der Waals surface area contributed by atoms with Crippen LogP contribution in [-0.2, 0) is 23.4 Å². The Hall–Kier alpha value is -1.66. The third kappa shape index (κ3) is 4.41. The summed E-state index contributed by atoms with van der Waals surface area (Å²) in [6, 6.07) is 6.84. The zero-order valence-corrected chi connectivity index (χ0v) is 13.4. The predicted molar refractivity (Wildman–Crippen MR) is 82.7 cm³/mol. The Morgan fingerprint density at radius 1 is 1.29 bits per heavy atom. The van der Waals surface area contributed by atoms with Crippen LogP contribution in [0.3, 0.4) is 0 Å². The molecule has 1 aromatic heterocycles. The van der Waals surface area contributed by atoms with Crippen LogP contribution >= 0.6 is 0 Å². The molecule has 1 heterocycles. The lowest BCUT2D eigenvalue weighted by Crippen LogP contribution is -2.32. The van der Waals surface area contributed by atoms with Gasteiger partial charge < -0.3 is 5.32 Å². The maximum atomic E-state index is 12.3. The van der Waals surface area contributed by atoms with Gasteiger partial charge >= 0.3 is 0 Å². The first-order valence-electron chi connectivity index (χ1n) is 6.87. The number of hydrogen-bond donors (Lipinski definition) is 1. The molecular formula is C15H21N3O2S. The maximum absolute atomic E-state index is 12.3. The third-order valence-corrected chi connectivity index (χ3v) is 5.19.